The monoisotopic (exact) mass is 544 g/mol. The molecule has 0 radical (unpaired) electrons. The second kappa shape index (κ2) is 10.7. The number of likely N-dealkylation sites (tertiary alicyclic amines) is 1. The van der Waals surface area contributed by atoms with Gasteiger partial charge in [-0.05, 0) is 44.7 Å². The summed E-state index contributed by atoms with van der Waals surface area (Å²) in [5.74, 6) is -0.605. The van der Waals surface area contributed by atoms with Crippen molar-refractivity contribution in [2.75, 3.05) is 33.3 Å². The number of benzene rings is 1. The van der Waals surface area contributed by atoms with Gasteiger partial charge in [-0.3, -0.25) is 9.59 Å². The van der Waals surface area contributed by atoms with Crippen molar-refractivity contribution in [1.29, 1.82) is 0 Å². The molecule has 2 unspecified atom stereocenters. The maximum atomic E-state index is 13.2. The molecule has 0 saturated carbocycles. The number of hydrogen-bond donors (Lipinski definition) is 3. The van der Waals surface area contributed by atoms with E-state index in [1.54, 1.807) is 30.0 Å². The molecule has 0 aliphatic carbocycles. The lowest BCUT2D eigenvalue weighted by Crippen LogP contribution is -2.61. The maximum absolute atomic E-state index is 13.2. The number of H-pyrrole nitrogens is 1. The average Bonchev–Trinajstić information content (AvgIpc) is 3.49. The van der Waals surface area contributed by atoms with Crippen molar-refractivity contribution in [3.8, 4) is 0 Å². The van der Waals surface area contributed by atoms with Crippen LogP contribution in [0.3, 0.4) is 0 Å². The standard InChI is InChI=1S/C25H29ClN6O4S/c1-3-36-25(35)32-9-7-17(28-23(34)24-30-18-6-8-31(2)13-21(18)37-24)20(12-32)29-22(33)19-11-14-10-15(26)4-5-16(14)27-19/h4-5,10-11,17,20,27H,3,6-9,12-13H2,1-2H3,(H,28,34)(H,29,33). The minimum atomic E-state index is -0.523. The summed E-state index contributed by atoms with van der Waals surface area (Å²) in [6, 6.07) is 6.16. The van der Waals surface area contributed by atoms with E-state index in [1.165, 1.54) is 11.3 Å². The molecule has 3 N–H and O–H groups in total. The van der Waals surface area contributed by atoms with Gasteiger partial charge in [0.1, 0.15) is 5.69 Å². The number of nitrogens with one attached hydrogen (secondary N) is 3. The number of piperidine rings is 1. The number of hydrogen-bond acceptors (Lipinski definition) is 7. The van der Waals surface area contributed by atoms with Gasteiger partial charge in [-0.1, -0.05) is 11.6 Å². The van der Waals surface area contributed by atoms with Gasteiger partial charge >= 0.3 is 6.09 Å². The SMILES string of the molecule is CCOC(=O)N1CCC(NC(=O)c2nc3c(s2)CN(C)CC3)C(NC(=O)c2cc3cc(Cl)ccc3[nH]2)C1. The Morgan fingerprint density at radius 1 is 1.19 bits per heavy atom. The molecule has 1 fully saturated rings. The summed E-state index contributed by atoms with van der Waals surface area (Å²) in [7, 11) is 2.05. The largest absolute Gasteiger partial charge is 0.450 e. The number of thiazole rings is 1. The van der Waals surface area contributed by atoms with E-state index in [0.29, 0.717) is 28.7 Å². The number of carbonyl (C=O) groups is 3. The van der Waals surface area contributed by atoms with E-state index in [9.17, 15) is 14.4 Å². The lowest BCUT2D eigenvalue weighted by atomic mass is 9.99. The fourth-order valence-corrected chi connectivity index (χ4v) is 6.05. The van der Waals surface area contributed by atoms with Gasteiger partial charge in [-0.2, -0.15) is 0 Å². The molecule has 2 aromatic heterocycles. The maximum Gasteiger partial charge on any atom is 0.409 e. The van der Waals surface area contributed by atoms with Crippen LogP contribution in [0.1, 0.15) is 44.2 Å². The molecule has 2 aliphatic heterocycles. The number of rotatable bonds is 5. The number of aromatic nitrogens is 2. The van der Waals surface area contributed by atoms with Crippen LogP contribution in [0.5, 0.6) is 0 Å². The van der Waals surface area contributed by atoms with Crippen LogP contribution in [0.2, 0.25) is 5.02 Å². The van der Waals surface area contributed by atoms with E-state index >= 15 is 0 Å². The molecule has 12 heteroatoms. The van der Waals surface area contributed by atoms with E-state index in [2.05, 4.69) is 32.5 Å². The van der Waals surface area contributed by atoms with Gasteiger partial charge in [-0.25, -0.2) is 9.78 Å². The van der Waals surface area contributed by atoms with E-state index in [0.717, 1.165) is 41.0 Å². The minimum absolute atomic E-state index is 0.209. The number of likely N-dealkylation sites (N-methyl/N-ethyl adjacent to an activating group) is 1. The van der Waals surface area contributed by atoms with Crippen molar-refractivity contribution in [3.05, 3.63) is 50.6 Å². The number of nitrogens with zero attached hydrogens (tertiary/aromatic N) is 3. The first-order valence-electron chi connectivity index (χ1n) is 12.3. The highest BCUT2D eigenvalue weighted by atomic mass is 35.5. The topological polar surface area (TPSA) is 120 Å². The Morgan fingerprint density at radius 2 is 2.00 bits per heavy atom. The van der Waals surface area contributed by atoms with Crippen LogP contribution in [0, 0.1) is 0 Å². The summed E-state index contributed by atoms with van der Waals surface area (Å²) < 4.78 is 5.17. The number of aromatic amines is 1. The summed E-state index contributed by atoms with van der Waals surface area (Å²) >= 11 is 7.49. The van der Waals surface area contributed by atoms with E-state index in [1.807, 2.05) is 6.07 Å². The molecule has 10 nitrogen and oxygen atoms in total. The molecule has 3 aromatic rings. The predicted molar refractivity (Wildman–Crippen MR) is 141 cm³/mol. The molecule has 1 aromatic carbocycles. The van der Waals surface area contributed by atoms with Crippen molar-refractivity contribution in [1.82, 2.24) is 30.4 Å². The van der Waals surface area contributed by atoms with Gasteiger partial charge in [0.05, 0.1) is 24.4 Å². The molecule has 196 valence electrons. The molecule has 3 amide bonds. The molecular formula is C25H29ClN6O4S. The zero-order valence-electron chi connectivity index (χ0n) is 20.7. The average molecular weight is 545 g/mol. The summed E-state index contributed by atoms with van der Waals surface area (Å²) in [6.07, 6.45) is 0.844. The van der Waals surface area contributed by atoms with Gasteiger partial charge in [0.2, 0.25) is 0 Å². The van der Waals surface area contributed by atoms with Crippen molar-refractivity contribution in [2.24, 2.45) is 0 Å². The Kier molecular flexibility index (Phi) is 7.36. The highest BCUT2D eigenvalue weighted by Crippen LogP contribution is 2.25. The quantitative estimate of drug-likeness (QED) is 0.454. The van der Waals surface area contributed by atoms with E-state index in [4.69, 9.17) is 16.3 Å². The molecule has 1 saturated heterocycles. The van der Waals surface area contributed by atoms with Gasteiger partial charge in [-0.15, -0.1) is 11.3 Å². The molecule has 4 heterocycles. The smallest absolute Gasteiger partial charge is 0.409 e. The molecule has 37 heavy (non-hydrogen) atoms. The normalized spacial score (nSPS) is 19.9. The summed E-state index contributed by atoms with van der Waals surface area (Å²) in [5, 5.41) is 7.89. The van der Waals surface area contributed by atoms with Crippen LogP contribution >= 0.6 is 22.9 Å². The molecule has 2 atom stereocenters. The Labute approximate surface area is 223 Å². The number of amides is 3. The van der Waals surface area contributed by atoms with Crippen molar-refractivity contribution < 1.29 is 19.1 Å². The van der Waals surface area contributed by atoms with Crippen LogP contribution in [-0.2, 0) is 17.7 Å². The fourth-order valence-electron chi connectivity index (χ4n) is 4.77. The first-order chi connectivity index (χ1) is 17.8. The highest BCUT2D eigenvalue weighted by molar-refractivity contribution is 7.13. The Morgan fingerprint density at radius 3 is 2.81 bits per heavy atom. The molecule has 0 bridgehead atoms. The third-order valence-electron chi connectivity index (χ3n) is 6.72. The molecule has 2 aliphatic rings. The Balaban J connectivity index is 1.33. The van der Waals surface area contributed by atoms with E-state index in [-0.39, 0.29) is 31.0 Å². The minimum Gasteiger partial charge on any atom is -0.450 e. The number of halogens is 1. The third kappa shape index (κ3) is 5.58. The second-order valence-corrected chi connectivity index (χ2v) is 10.9. The number of carbonyl (C=O) groups excluding carboxylic acids is 3. The van der Waals surface area contributed by atoms with Gasteiger partial charge in [0, 0.05) is 53.4 Å². The lowest BCUT2D eigenvalue weighted by molar-refractivity contribution is 0.0720. The molecule has 0 spiro atoms. The first-order valence-corrected chi connectivity index (χ1v) is 13.5. The number of ether oxygens (including phenoxy) is 1. The third-order valence-corrected chi connectivity index (χ3v) is 8.03. The first kappa shape index (κ1) is 25.5. The van der Waals surface area contributed by atoms with Crippen molar-refractivity contribution in [2.45, 2.75) is 38.4 Å². The number of fused-ring (bicyclic) bond motifs is 2. The van der Waals surface area contributed by atoms with Crippen LogP contribution in [0.25, 0.3) is 10.9 Å². The zero-order chi connectivity index (χ0) is 26.1. The van der Waals surface area contributed by atoms with Gasteiger partial charge < -0.3 is 30.2 Å². The van der Waals surface area contributed by atoms with Gasteiger partial charge in [0.15, 0.2) is 5.01 Å². The summed E-state index contributed by atoms with van der Waals surface area (Å²) in [4.78, 5) is 51.3. The Bertz CT molecular complexity index is 1340. The van der Waals surface area contributed by atoms with E-state index < -0.39 is 12.1 Å². The molecule has 5 rings (SSSR count). The van der Waals surface area contributed by atoms with Gasteiger partial charge in [0.25, 0.3) is 11.8 Å². The zero-order valence-corrected chi connectivity index (χ0v) is 22.2. The fraction of sp³-hybridized carbons (Fsp3) is 0.440. The Hall–Kier alpha value is -3.15. The van der Waals surface area contributed by atoms with Crippen molar-refractivity contribution in [3.63, 3.8) is 0 Å². The van der Waals surface area contributed by atoms with Crippen molar-refractivity contribution >= 4 is 51.7 Å². The lowest BCUT2D eigenvalue weighted by Gasteiger charge is -2.38. The van der Waals surface area contributed by atoms with Crippen LogP contribution in [0.15, 0.2) is 24.3 Å². The van der Waals surface area contributed by atoms with Crippen LogP contribution in [0.4, 0.5) is 4.79 Å². The predicted octanol–water partition coefficient (Wildman–Crippen LogP) is 3.02. The van der Waals surface area contributed by atoms with Crippen LogP contribution in [-0.4, -0.2) is 83.0 Å². The summed E-state index contributed by atoms with van der Waals surface area (Å²) in [6.45, 7) is 4.32. The van der Waals surface area contributed by atoms with Crippen LogP contribution < -0.4 is 10.6 Å². The summed E-state index contributed by atoms with van der Waals surface area (Å²) in [5.41, 5.74) is 2.14. The highest BCUT2D eigenvalue weighted by Gasteiger charge is 2.35. The molecular weight excluding hydrogens is 516 g/mol. The second-order valence-electron chi connectivity index (χ2n) is 9.38.